The summed E-state index contributed by atoms with van der Waals surface area (Å²) in [5.41, 5.74) is 2.49. The molecule has 20 heavy (non-hydrogen) atoms. The summed E-state index contributed by atoms with van der Waals surface area (Å²) in [6.07, 6.45) is 0.774. The second kappa shape index (κ2) is 5.05. The fourth-order valence-electron chi connectivity index (χ4n) is 2.74. The SMILES string of the molecule is CCOC(=O)C1CC(=O)c2[nH]c3ccc(Br)cc3c2C1. The van der Waals surface area contributed by atoms with Gasteiger partial charge in [-0.05, 0) is 37.1 Å². The van der Waals surface area contributed by atoms with Crippen molar-refractivity contribution < 1.29 is 14.3 Å². The number of fused-ring (bicyclic) bond motifs is 3. The first-order valence-electron chi connectivity index (χ1n) is 6.60. The van der Waals surface area contributed by atoms with Crippen LogP contribution < -0.4 is 0 Å². The molecule has 0 bridgehead atoms. The van der Waals surface area contributed by atoms with Gasteiger partial charge in [-0.1, -0.05) is 15.9 Å². The van der Waals surface area contributed by atoms with E-state index in [1.165, 1.54) is 0 Å². The quantitative estimate of drug-likeness (QED) is 0.857. The highest BCUT2D eigenvalue weighted by atomic mass is 79.9. The van der Waals surface area contributed by atoms with E-state index in [1.807, 2.05) is 18.2 Å². The minimum absolute atomic E-state index is 0.0170. The van der Waals surface area contributed by atoms with E-state index >= 15 is 0 Å². The largest absolute Gasteiger partial charge is 0.466 e. The number of hydrogen-bond acceptors (Lipinski definition) is 3. The molecule has 1 aromatic carbocycles. The van der Waals surface area contributed by atoms with Crippen molar-refractivity contribution in [3.05, 3.63) is 33.9 Å². The van der Waals surface area contributed by atoms with Crippen LogP contribution in [-0.2, 0) is 16.0 Å². The lowest BCUT2D eigenvalue weighted by atomic mass is 9.85. The minimum atomic E-state index is -0.368. The molecule has 0 amide bonds. The summed E-state index contributed by atoms with van der Waals surface area (Å²) in [7, 11) is 0. The van der Waals surface area contributed by atoms with Crippen molar-refractivity contribution in [1.82, 2.24) is 4.98 Å². The van der Waals surface area contributed by atoms with E-state index in [0.29, 0.717) is 18.7 Å². The molecule has 4 nitrogen and oxygen atoms in total. The fourth-order valence-corrected chi connectivity index (χ4v) is 3.10. The first kappa shape index (κ1) is 13.4. The number of H-pyrrole nitrogens is 1. The lowest BCUT2D eigenvalue weighted by Crippen LogP contribution is -2.27. The summed E-state index contributed by atoms with van der Waals surface area (Å²) in [6.45, 7) is 2.12. The third-order valence-corrected chi connectivity index (χ3v) is 4.14. The Morgan fingerprint density at radius 2 is 2.25 bits per heavy atom. The van der Waals surface area contributed by atoms with Crippen molar-refractivity contribution in [2.24, 2.45) is 5.92 Å². The first-order chi connectivity index (χ1) is 9.60. The topological polar surface area (TPSA) is 59.2 Å². The summed E-state index contributed by atoms with van der Waals surface area (Å²) >= 11 is 3.44. The maximum atomic E-state index is 12.2. The van der Waals surface area contributed by atoms with Gasteiger partial charge in [-0.2, -0.15) is 0 Å². The molecule has 0 saturated heterocycles. The highest BCUT2D eigenvalue weighted by Crippen LogP contribution is 2.33. The van der Waals surface area contributed by atoms with E-state index in [0.717, 1.165) is 20.9 Å². The van der Waals surface area contributed by atoms with Crippen LogP contribution in [0.5, 0.6) is 0 Å². The monoisotopic (exact) mass is 335 g/mol. The van der Waals surface area contributed by atoms with E-state index in [1.54, 1.807) is 6.92 Å². The van der Waals surface area contributed by atoms with Crippen LogP contribution in [0.2, 0.25) is 0 Å². The van der Waals surface area contributed by atoms with Crippen molar-refractivity contribution in [2.45, 2.75) is 19.8 Å². The van der Waals surface area contributed by atoms with E-state index in [9.17, 15) is 9.59 Å². The number of ether oxygens (including phenoxy) is 1. The Bertz CT molecular complexity index is 704. The predicted octanol–water partition coefficient (Wildman–Crippen LogP) is 3.24. The van der Waals surface area contributed by atoms with Crippen molar-refractivity contribution in [1.29, 1.82) is 0 Å². The van der Waals surface area contributed by atoms with Gasteiger partial charge >= 0.3 is 5.97 Å². The van der Waals surface area contributed by atoms with Gasteiger partial charge in [0.2, 0.25) is 0 Å². The van der Waals surface area contributed by atoms with Gasteiger partial charge < -0.3 is 9.72 Å². The Morgan fingerprint density at radius 3 is 3.00 bits per heavy atom. The summed E-state index contributed by atoms with van der Waals surface area (Å²) in [5, 5.41) is 0.997. The third kappa shape index (κ3) is 2.16. The number of hydrogen-bond donors (Lipinski definition) is 1. The normalized spacial score (nSPS) is 18.1. The molecule has 0 saturated carbocycles. The number of halogens is 1. The number of aromatic nitrogens is 1. The Balaban J connectivity index is 2.05. The fraction of sp³-hybridized carbons (Fsp3) is 0.333. The highest BCUT2D eigenvalue weighted by Gasteiger charge is 2.33. The number of ketones is 1. The minimum Gasteiger partial charge on any atom is -0.466 e. The number of esters is 1. The zero-order valence-corrected chi connectivity index (χ0v) is 12.6. The second-order valence-electron chi connectivity index (χ2n) is 4.95. The lowest BCUT2D eigenvalue weighted by molar-refractivity contribution is -0.148. The average molecular weight is 336 g/mol. The van der Waals surface area contributed by atoms with E-state index < -0.39 is 0 Å². The summed E-state index contributed by atoms with van der Waals surface area (Å²) in [5.74, 6) is -0.666. The average Bonchev–Trinajstić information content (AvgIpc) is 2.78. The molecule has 0 radical (unpaired) electrons. The number of carbonyl (C=O) groups is 2. The van der Waals surface area contributed by atoms with Crippen LogP contribution in [0.4, 0.5) is 0 Å². The van der Waals surface area contributed by atoms with Crippen LogP contribution in [-0.4, -0.2) is 23.3 Å². The molecule has 1 aliphatic rings. The molecule has 104 valence electrons. The van der Waals surface area contributed by atoms with Gasteiger partial charge in [0.1, 0.15) is 0 Å². The first-order valence-corrected chi connectivity index (χ1v) is 7.39. The molecule has 1 atom stereocenters. The van der Waals surface area contributed by atoms with Crippen molar-refractivity contribution >= 4 is 38.6 Å². The highest BCUT2D eigenvalue weighted by molar-refractivity contribution is 9.10. The van der Waals surface area contributed by atoms with Crippen LogP contribution >= 0.6 is 15.9 Å². The van der Waals surface area contributed by atoms with Crippen molar-refractivity contribution in [3.8, 4) is 0 Å². The maximum absolute atomic E-state index is 12.2. The summed E-state index contributed by atoms with van der Waals surface area (Å²) in [6, 6.07) is 5.84. The van der Waals surface area contributed by atoms with E-state index in [2.05, 4.69) is 20.9 Å². The number of benzene rings is 1. The van der Waals surface area contributed by atoms with E-state index in [4.69, 9.17) is 4.74 Å². The van der Waals surface area contributed by atoms with Crippen LogP contribution in [0.15, 0.2) is 22.7 Å². The summed E-state index contributed by atoms with van der Waals surface area (Å²) in [4.78, 5) is 27.3. The van der Waals surface area contributed by atoms with Crippen LogP contribution in [0.25, 0.3) is 10.9 Å². The Morgan fingerprint density at radius 1 is 1.45 bits per heavy atom. The molecule has 3 rings (SSSR count). The van der Waals surface area contributed by atoms with Crippen molar-refractivity contribution in [2.75, 3.05) is 6.61 Å². The van der Waals surface area contributed by atoms with Gasteiger partial charge in [0.15, 0.2) is 5.78 Å². The van der Waals surface area contributed by atoms with Gasteiger partial charge in [0.25, 0.3) is 0 Å². The zero-order valence-electron chi connectivity index (χ0n) is 11.0. The molecule has 1 unspecified atom stereocenters. The van der Waals surface area contributed by atoms with Gasteiger partial charge in [0, 0.05) is 21.8 Å². The molecule has 1 N–H and O–H groups in total. The Labute approximate surface area is 124 Å². The van der Waals surface area contributed by atoms with Crippen molar-refractivity contribution in [3.63, 3.8) is 0 Å². The van der Waals surface area contributed by atoms with Gasteiger partial charge in [-0.15, -0.1) is 0 Å². The number of carbonyl (C=O) groups excluding carboxylic acids is 2. The van der Waals surface area contributed by atoms with Crippen LogP contribution in [0, 0.1) is 5.92 Å². The zero-order chi connectivity index (χ0) is 14.3. The van der Waals surface area contributed by atoms with Gasteiger partial charge in [-0.3, -0.25) is 9.59 Å². The third-order valence-electron chi connectivity index (χ3n) is 3.65. The molecule has 1 aliphatic carbocycles. The molecule has 2 aromatic rings. The Kier molecular flexibility index (Phi) is 3.38. The van der Waals surface area contributed by atoms with Gasteiger partial charge in [-0.25, -0.2) is 0 Å². The molecule has 0 aliphatic heterocycles. The van der Waals surface area contributed by atoms with Crippen LogP contribution in [0.1, 0.15) is 29.4 Å². The number of nitrogens with one attached hydrogen (secondary N) is 1. The molecule has 1 aromatic heterocycles. The molecule has 0 fully saturated rings. The standard InChI is InChI=1S/C15H14BrNO3/c1-2-20-15(19)8-5-11-10-7-9(16)3-4-12(10)17-14(11)13(18)6-8/h3-4,7-8,17H,2,5-6H2,1H3. The molecule has 5 heteroatoms. The summed E-state index contributed by atoms with van der Waals surface area (Å²) < 4.78 is 6.00. The second-order valence-corrected chi connectivity index (χ2v) is 5.86. The Hall–Kier alpha value is -1.62. The predicted molar refractivity (Wildman–Crippen MR) is 78.8 cm³/mol. The lowest BCUT2D eigenvalue weighted by Gasteiger charge is -2.19. The van der Waals surface area contributed by atoms with Crippen LogP contribution in [0.3, 0.4) is 0 Å². The smallest absolute Gasteiger partial charge is 0.309 e. The van der Waals surface area contributed by atoms with Gasteiger partial charge in [0.05, 0.1) is 18.2 Å². The number of aromatic amines is 1. The maximum Gasteiger partial charge on any atom is 0.309 e. The molecular formula is C15H14BrNO3. The number of rotatable bonds is 2. The number of Topliss-reactive ketones (excluding diaryl/α,β-unsaturated/α-hetero) is 1. The molecule has 1 heterocycles. The molecule has 0 spiro atoms. The van der Waals surface area contributed by atoms with E-state index in [-0.39, 0.29) is 24.1 Å². The molecular weight excluding hydrogens is 322 g/mol.